The van der Waals surface area contributed by atoms with Crippen molar-refractivity contribution in [3.63, 3.8) is 0 Å². The Kier molecular flexibility index (Phi) is 2.07. The second kappa shape index (κ2) is 3.02. The van der Waals surface area contributed by atoms with Crippen LogP contribution in [0.2, 0.25) is 0 Å². The first-order valence-corrected chi connectivity index (χ1v) is 2.81. The molecule has 0 aliphatic rings. The molecule has 0 spiro atoms. The van der Waals surface area contributed by atoms with Crippen LogP contribution in [0, 0.1) is 0 Å². The topological polar surface area (TPSA) is 87.2 Å². The molecule has 11 heavy (non-hydrogen) atoms. The van der Waals surface area contributed by atoms with Crippen molar-refractivity contribution in [2.45, 2.75) is 0 Å². The fourth-order valence-electron chi connectivity index (χ4n) is 0.637. The molecule has 0 radical (unpaired) electrons. The lowest BCUT2D eigenvalue weighted by Crippen LogP contribution is -2.03. The molecule has 0 aromatic carbocycles. The third-order valence-electron chi connectivity index (χ3n) is 1.07. The molecule has 3 N–H and O–H groups in total. The number of hydrogen-bond acceptors (Lipinski definition) is 4. The Morgan fingerprint density at radius 3 is 3.18 bits per heavy atom. The Labute approximate surface area is 62.1 Å². The largest absolute Gasteiger partial charge is 0.476 e. The summed E-state index contributed by atoms with van der Waals surface area (Å²) in [5.74, 6) is -1.08. The second-order valence-corrected chi connectivity index (χ2v) is 1.77. The molecule has 6 nitrogen and oxygen atoms in total. The number of nitrogens with one attached hydrogen (secondary N) is 2. The van der Waals surface area contributed by atoms with Crippen LogP contribution in [-0.2, 0) is 4.84 Å². The van der Waals surface area contributed by atoms with Crippen LogP contribution in [0.4, 0.5) is 5.69 Å². The maximum atomic E-state index is 10.4. The standard InChI is InChI=1S/C5H7N3O3/c1-11-8-3-2-6-7-4(3)5(9)10/h2,8H,1H3,(H,6,7)(H,9,10). The zero-order valence-corrected chi connectivity index (χ0v) is 5.79. The number of carboxylic acid groups (broad SMARTS) is 1. The molecule has 0 aliphatic carbocycles. The number of hydrogen-bond donors (Lipinski definition) is 3. The number of rotatable bonds is 3. The molecule has 0 saturated heterocycles. The summed E-state index contributed by atoms with van der Waals surface area (Å²) < 4.78 is 0. The summed E-state index contributed by atoms with van der Waals surface area (Å²) >= 11 is 0. The number of aromatic amines is 1. The second-order valence-electron chi connectivity index (χ2n) is 1.77. The zero-order valence-electron chi connectivity index (χ0n) is 5.79. The Morgan fingerprint density at radius 1 is 1.91 bits per heavy atom. The SMILES string of the molecule is CONc1cn[nH]c1C(=O)O. The quantitative estimate of drug-likeness (QED) is 0.541. The summed E-state index contributed by atoms with van der Waals surface area (Å²) in [6.07, 6.45) is 1.33. The van der Waals surface area contributed by atoms with E-state index in [1.807, 2.05) is 0 Å². The van der Waals surface area contributed by atoms with E-state index in [1.54, 1.807) is 0 Å². The van der Waals surface area contributed by atoms with Crippen LogP contribution in [0.5, 0.6) is 0 Å². The Morgan fingerprint density at radius 2 is 2.64 bits per heavy atom. The predicted molar refractivity (Wildman–Crippen MR) is 36.2 cm³/mol. The molecule has 1 heterocycles. The summed E-state index contributed by atoms with van der Waals surface area (Å²) in [5, 5.41) is 14.3. The number of aromatic carboxylic acids is 1. The maximum absolute atomic E-state index is 10.4. The third-order valence-corrected chi connectivity index (χ3v) is 1.07. The molecule has 1 aromatic heterocycles. The molecule has 0 amide bonds. The molecule has 0 bridgehead atoms. The average molecular weight is 157 g/mol. The van der Waals surface area contributed by atoms with Gasteiger partial charge in [0.1, 0.15) is 5.69 Å². The van der Waals surface area contributed by atoms with Gasteiger partial charge >= 0.3 is 5.97 Å². The smallest absolute Gasteiger partial charge is 0.356 e. The molecule has 60 valence electrons. The van der Waals surface area contributed by atoms with E-state index in [2.05, 4.69) is 20.5 Å². The van der Waals surface area contributed by atoms with Gasteiger partial charge in [0.05, 0.1) is 13.3 Å². The highest BCUT2D eigenvalue weighted by Gasteiger charge is 2.10. The summed E-state index contributed by atoms with van der Waals surface area (Å²) in [6.45, 7) is 0. The number of carboxylic acids is 1. The van der Waals surface area contributed by atoms with Gasteiger partial charge < -0.3 is 5.11 Å². The van der Waals surface area contributed by atoms with Crippen molar-refractivity contribution >= 4 is 11.7 Å². The van der Waals surface area contributed by atoms with Crippen molar-refractivity contribution in [3.8, 4) is 0 Å². The molecule has 1 aromatic rings. The van der Waals surface area contributed by atoms with Gasteiger partial charge in [0.25, 0.3) is 0 Å². The third kappa shape index (κ3) is 1.47. The van der Waals surface area contributed by atoms with E-state index in [0.717, 1.165) is 0 Å². The number of H-pyrrole nitrogens is 1. The number of aromatic nitrogens is 2. The van der Waals surface area contributed by atoms with E-state index in [9.17, 15) is 4.79 Å². The highest BCUT2D eigenvalue weighted by Crippen LogP contribution is 2.09. The highest BCUT2D eigenvalue weighted by molar-refractivity contribution is 5.91. The molecule has 1 rings (SSSR count). The van der Waals surface area contributed by atoms with E-state index in [-0.39, 0.29) is 5.69 Å². The van der Waals surface area contributed by atoms with Crippen LogP contribution in [0.25, 0.3) is 0 Å². The van der Waals surface area contributed by atoms with E-state index in [0.29, 0.717) is 5.69 Å². The molecule has 6 heteroatoms. The Bertz CT molecular complexity index is 257. The predicted octanol–water partition coefficient (Wildman–Crippen LogP) is 0.0812. The van der Waals surface area contributed by atoms with Crippen LogP contribution >= 0.6 is 0 Å². The monoisotopic (exact) mass is 157 g/mol. The first kappa shape index (κ1) is 7.55. The highest BCUT2D eigenvalue weighted by atomic mass is 16.6. The van der Waals surface area contributed by atoms with Gasteiger partial charge in [-0.15, -0.1) is 0 Å². The first-order valence-electron chi connectivity index (χ1n) is 2.81. The van der Waals surface area contributed by atoms with E-state index >= 15 is 0 Å². The molecule has 0 aliphatic heterocycles. The lowest BCUT2D eigenvalue weighted by atomic mass is 10.4. The molecular weight excluding hydrogens is 150 g/mol. The van der Waals surface area contributed by atoms with Gasteiger partial charge in [-0.1, -0.05) is 0 Å². The normalized spacial score (nSPS) is 9.55. The molecule has 0 unspecified atom stereocenters. The number of nitrogens with zero attached hydrogens (tertiary/aromatic N) is 1. The van der Waals surface area contributed by atoms with Gasteiger partial charge in [0.2, 0.25) is 0 Å². The van der Waals surface area contributed by atoms with Gasteiger partial charge in [-0.25, -0.2) is 4.79 Å². The van der Waals surface area contributed by atoms with Crippen LogP contribution in [0.1, 0.15) is 10.5 Å². The summed E-state index contributed by atoms with van der Waals surface area (Å²) in [6, 6.07) is 0. The number of carbonyl (C=O) groups is 1. The van der Waals surface area contributed by atoms with Crippen LogP contribution in [-0.4, -0.2) is 28.4 Å². The van der Waals surface area contributed by atoms with Crippen LogP contribution in [0.15, 0.2) is 6.20 Å². The van der Waals surface area contributed by atoms with Gasteiger partial charge in [0.15, 0.2) is 5.69 Å². The Balaban J connectivity index is 2.87. The van der Waals surface area contributed by atoms with Crippen LogP contribution < -0.4 is 5.48 Å². The molecule has 0 saturated carbocycles. The molecular formula is C5H7N3O3. The van der Waals surface area contributed by atoms with Crippen molar-refractivity contribution in [2.75, 3.05) is 12.6 Å². The van der Waals surface area contributed by atoms with E-state index < -0.39 is 5.97 Å². The van der Waals surface area contributed by atoms with E-state index in [4.69, 9.17) is 5.11 Å². The summed E-state index contributed by atoms with van der Waals surface area (Å²) in [7, 11) is 1.39. The fourth-order valence-corrected chi connectivity index (χ4v) is 0.637. The molecule has 0 fully saturated rings. The molecule has 0 atom stereocenters. The van der Waals surface area contributed by atoms with Crippen molar-refractivity contribution in [2.24, 2.45) is 0 Å². The fraction of sp³-hybridized carbons (Fsp3) is 0.200. The van der Waals surface area contributed by atoms with E-state index in [1.165, 1.54) is 13.3 Å². The van der Waals surface area contributed by atoms with Crippen LogP contribution in [0.3, 0.4) is 0 Å². The average Bonchev–Trinajstić information content (AvgIpc) is 2.36. The summed E-state index contributed by atoms with van der Waals surface area (Å²) in [5.41, 5.74) is 2.65. The number of anilines is 1. The zero-order chi connectivity index (χ0) is 8.27. The van der Waals surface area contributed by atoms with Crippen molar-refractivity contribution in [1.82, 2.24) is 10.2 Å². The lowest BCUT2D eigenvalue weighted by Gasteiger charge is -1.98. The van der Waals surface area contributed by atoms with Gasteiger partial charge in [-0.3, -0.25) is 15.4 Å². The van der Waals surface area contributed by atoms with Gasteiger partial charge in [-0.05, 0) is 0 Å². The van der Waals surface area contributed by atoms with Gasteiger partial charge in [0, 0.05) is 0 Å². The van der Waals surface area contributed by atoms with Crippen molar-refractivity contribution in [1.29, 1.82) is 0 Å². The van der Waals surface area contributed by atoms with Gasteiger partial charge in [-0.2, -0.15) is 5.10 Å². The minimum Gasteiger partial charge on any atom is -0.476 e. The Hall–Kier alpha value is -1.56. The first-order chi connectivity index (χ1) is 5.25. The van der Waals surface area contributed by atoms with Crippen molar-refractivity contribution in [3.05, 3.63) is 11.9 Å². The summed E-state index contributed by atoms with van der Waals surface area (Å²) in [4.78, 5) is 14.9. The van der Waals surface area contributed by atoms with Crippen molar-refractivity contribution < 1.29 is 14.7 Å². The maximum Gasteiger partial charge on any atom is 0.356 e. The minimum atomic E-state index is -1.08. The minimum absolute atomic E-state index is 0.0214. The lowest BCUT2D eigenvalue weighted by molar-refractivity contribution is 0.0690.